The van der Waals surface area contributed by atoms with E-state index in [1.54, 1.807) is 41.4 Å². The second-order valence-corrected chi connectivity index (χ2v) is 9.94. The third-order valence-electron chi connectivity index (χ3n) is 5.94. The highest BCUT2D eigenvalue weighted by atomic mass is 32.1. The van der Waals surface area contributed by atoms with Crippen molar-refractivity contribution < 1.29 is 27.5 Å². The summed E-state index contributed by atoms with van der Waals surface area (Å²) in [7, 11) is 0. The Kier molecular flexibility index (Phi) is 8.80. The predicted molar refractivity (Wildman–Crippen MR) is 140 cm³/mol. The number of alkyl halides is 3. The van der Waals surface area contributed by atoms with Gasteiger partial charge in [0.2, 0.25) is 5.91 Å². The lowest BCUT2D eigenvalue weighted by Gasteiger charge is -2.33. The molecule has 7 nitrogen and oxygen atoms in total. The van der Waals surface area contributed by atoms with Gasteiger partial charge in [-0.15, -0.1) is 0 Å². The Bertz CT molecular complexity index is 1280. The van der Waals surface area contributed by atoms with E-state index < -0.39 is 11.7 Å². The Hall–Kier alpha value is -3.70. The number of amides is 2. The molecule has 0 bridgehead atoms. The van der Waals surface area contributed by atoms with Crippen LogP contribution in [0.4, 0.5) is 24.0 Å². The fourth-order valence-corrected chi connectivity index (χ4v) is 4.90. The van der Waals surface area contributed by atoms with Gasteiger partial charge in [0.05, 0.1) is 23.7 Å². The summed E-state index contributed by atoms with van der Waals surface area (Å²) in [6.45, 7) is 4.88. The number of rotatable bonds is 9. The summed E-state index contributed by atoms with van der Waals surface area (Å²) in [5.41, 5.74) is 0.877. The molecule has 0 unspecified atom stereocenters. The molecule has 3 aromatic rings. The molecule has 200 valence electrons. The van der Waals surface area contributed by atoms with Crippen molar-refractivity contribution in [3.05, 3.63) is 89.0 Å². The molecule has 1 fully saturated rings. The summed E-state index contributed by atoms with van der Waals surface area (Å²) in [6.07, 6.45) is 0.200. The van der Waals surface area contributed by atoms with Crippen LogP contribution in [0.25, 0.3) is 0 Å². The number of likely N-dealkylation sites (tertiary alicyclic amines) is 1. The standard InChI is InChI=1S/C27H27F3N4O3S/c1-2-24(35)32-21-10-8-19(9-11-21)25(36)34-12-4-7-22(15-34)33-26-31-14-23(38-26)17-37-16-18-5-3-6-20(13-18)27(28,29)30/h2-3,5-6,8-11,13-14,22H,1,4,7,12,15-17H2,(H,31,33)(H,32,35)/t22-/m1/s1. The summed E-state index contributed by atoms with van der Waals surface area (Å²) < 4.78 is 44.2. The maximum atomic E-state index is 13.0. The number of nitrogens with one attached hydrogen (secondary N) is 2. The molecule has 1 aliphatic rings. The average molecular weight is 545 g/mol. The van der Waals surface area contributed by atoms with E-state index in [4.69, 9.17) is 4.74 Å². The SMILES string of the molecule is C=CC(=O)Nc1ccc(C(=O)N2CCC[C@@H](Nc3ncc(COCc4cccc(C(F)(F)F)c4)s3)C2)cc1. The maximum absolute atomic E-state index is 13.0. The van der Waals surface area contributed by atoms with Crippen LogP contribution in [0.5, 0.6) is 0 Å². The lowest BCUT2D eigenvalue weighted by atomic mass is 10.0. The van der Waals surface area contributed by atoms with Gasteiger partial charge in [-0.2, -0.15) is 13.2 Å². The first kappa shape index (κ1) is 27.3. The number of hydrogen-bond acceptors (Lipinski definition) is 6. The maximum Gasteiger partial charge on any atom is 0.416 e. The Labute approximate surface area is 222 Å². The van der Waals surface area contributed by atoms with E-state index in [0.717, 1.165) is 29.9 Å². The normalized spacial score (nSPS) is 15.7. The minimum Gasteiger partial charge on any atom is -0.371 e. The van der Waals surface area contributed by atoms with Crippen LogP contribution in [0.15, 0.2) is 67.4 Å². The minimum atomic E-state index is -4.39. The molecule has 11 heteroatoms. The van der Waals surface area contributed by atoms with Crippen molar-refractivity contribution in [3.63, 3.8) is 0 Å². The van der Waals surface area contributed by atoms with E-state index in [1.807, 2.05) is 0 Å². The number of carbonyl (C=O) groups excluding carboxylic acids is 2. The van der Waals surface area contributed by atoms with E-state index in [-0.39, 0.29) is 31.1 Å². The number of carbonyl (C=O) groups is 2. The molecule has 2 heterocycles. The first-order valence-electron chi connectivity index (χ1n) is 12.0. The number of benzene rings is 2. The number of halogens is 3. The van der Waals surface area contributed by atoms with Gasteiger partial charge in [-0.05, 0) is 60.9 Å². The van der Waals surface area contributed by atoms with Crippen LogP contribution in [0.2, 0.25) is 0 Å². The smallest absolute Gasteiger partial charge is 0.371 e. The summed E-state index contributed by atoms with van der Waals surface area (Å²) in [4.78, 5) is 31.5. The largest absolute Gasteiger partial charge is 0.416 e. The number of hydrogen-bond donors (Lipinski definition) is 2. The highest BCUT2D eigenvalue weighted by Gasteiger charge is 2.30. The summed E-state index contributed by atoms with van der Waals surface area (Å²) >= 11 is 1.41. The highest BCUT2D eigenvalue weighted by Crippen LogP contribution is 2.30. The number of thiazole rings is 1. The van der Waals surface area contributed by atoms with Crippen molar-refractivity contribution in [2.45, 2.75) is 38.3 Å². The summed E-state index contributed by atoms with van der Waals surface area (Å²) in [5.74, 6) is -0.400. The Morgan fingerprint density at radius 2 is 1.97 bits per heavy atom. The first-order valence-corrected chi connectivity index (χ1v) is 12.8. The number of piperidine rings is 1. The molecule has 2 amide bonds. The van der Waals surface area contributed by atoms with Gasteiger partial charge in [0.15, 0.2) is 5.13 Å². The first-order chi connectivity index (χ1) is 18.2. The van der Waals surface area contributed by atoms with Gasteiger partial charge < -0.3 is 20.3 Å². The molecule has 0 radical (unpaired) electrons. The van der Waals surface area contributed by atoms with E-state index in [9.17, 15) is 22.8 Å². The Balaban J connectivity index is 1.26. The van der Waals surface area contributed by atoms with Crippen LogP contribution in [-0.4, -0.2) is 40.8 Å². The van der Waals surface area contributed by atoms with E-state index in [2.05, 4.69) is 22.2 Å². The van der Waals surface area contributed by atoms with Crippen molar-refractivity contribution in [3.8, 4) is 0 Å². The number of anilines is 2. The fraction of sp³-hybridized carbons (Fsp3) is 0.296. The van der Waals surface area contributed by atoms with Crippen molar-refractivity contribution >= 4 is 34.0 Å². The zero-order valence-corrected chi connectivity index (χ0v) is 21.3. The fourth-order valence-electron chi connectivity index (χ4n) is 4.07. The molecule has 1 saturated heterocycles. The lowest BCUT2D eigenvalue weighted by Crippen LogP contribution is -2.45. The van der Waals surface area contributed by atoms with Crippen molar-refractivity contribution in [2.24, 2.45) is 0 Å². The zero-order valence-electron chi connectivity index (χ0n) is 20.5. The van der Waals surface area contributed by atoms with E-state index in [0.29, 0.717) is 35.0 Å². The van der Waals surface area contributed by atoms with Gasteiger partial charge in [0, 0.05) is 36.6 Å². The molecule has 0 spiro atoms. The second-order valence-electron chi connectivity index (χ2n) is 8.83. The molecule has 1 atom stereocenters. The van der Waals surface area contributed by atoms with Crippen LogP contribution < -0.4 is 10.6 Å². The number of nitrogens with zero attached hydrogens (tertiary/aromatic N) is 2. The van der Waals surface area contributed by atoms with Crippen molar-refractivity contribution in [1.29, 1.82) is 0 Å². The van der Waals surface area contributed by atoms with Crippen LogP contribution in [-0.2, 0) is 28.9 Å². The average Bonchev–Trinajstić information content (AvgIpc) is 3.35. The van der Waals surface area contributed by atoms with Gasteiger partial charge in [-0.1, -0.05) is 30.0 Å². The summed E-state index contributed by atoms with van der Waals surface area (Å²) in [6, 6.07) is 11.9. The molecule has 0 aliphatic carbocycles. The minimum absolute atomic E-state index is 0.0314. The molecular formula is C27H27F3N4O3S. The van der Waals surface area contributed by atoms with Gasteiger partial charge in [-0.3, -0.25) is 9.59 Å². The van der Waals surface area contributed by atoms with Crippen LogP contribution in [0.3, 0.4) is 0 Å². The van der Waals surface area contributed by atoms with Crippen LogP contribution in [0, 0.1) is 0 Å². The molecule has 4 rings (SSSR count). The van der Waals surface area contributed by atoms with Gasteiger partial charge in [0.1, 0.15) is 0 Å². The monoisotopic (exact) mass is 544 g/mol. The van der Waals surface area contributed by atoms with Gasteiger partial charge in [-0.25, -0.2) is 4.98 Å². The number of aromatic nitrogens is 1. The Morgan fingerprint density at radius 3 is 2.71 bits per heavy atom. The summed E-state index contributed by atoms with van der Waals surface area (Å²) in [5, 5.41) is 6.74. The lowest BCUT2D eigenvalue weighted by molar-refractivity contribution is -0.137. The molecule has 1 aliphatic heterocycles. The Morgan fingerprint density at radius 1 is 1.18 bits per heavy atom. The van der Waals surface area contributed by atoms with Crippen LogP contribution in [0.1, 0.15) is 39.2 Å². The van der Waals surface area contributed by atoms with Crippen LogP contribution >= 0.6 is 11.3 Å². The zero-order chi connectivity index (χ0) is 27.1. The second kappa shape index (κ2) is 12.2. The van der Waals surface area contributed by atoms with Gasteiger partial charge in [0.25, 0.3) is 5.91 Å². The predicted octanol–water partition coefficient (Wildman–Crippen LogP) is 5.72. The molecule has 1 aromatic heterocycles. The molecule has 0 saturated carbocycles. The highest BCUT2D eigenvalue weighted by molar-refractivity contribution is 7.15. The van der Waals surface area contributed by atoms with Crippen molar-refractivity contribution in [1.82, 2.24) is 9.88 Å². The molecular weight excluding hydrogens is 517 g/mol. The number of ether oxygens (including phenoxy) is 1. The van der Waals surface area contributed by atoms with Crippen molar-refractivity contribution in [2.75, 3.05) is 23.7 Å². The molecule has 38 heavy (non-hydrogen) atoms. The third-order valence-corrected chi connectivity index (χ3v) is 6.84. The topological polar surface area (TPSA) is 83.6 Å². The van der Waals surface area contributed by atoms with E-state index in [1.165, 1.54) is 23.5 Å². The quantitative estimate of drug-likeness (QED) is 0.337. The van der Waals surface area contributed by atoms with E-state index >= 15 is 0 Å². The molecule has 2 N–H and O–H groups in total. The van der Waals surface area contributed by atoms with Gasteiger partial charge >= 0.3 is 6.18 Å². The third kappa shape index (κ3) is 7.42. The molecule has 2 aromatic carbocycles.